The molecule has 1 unspecified atom stereocenters. The van der Waals surface area contributed by atoms with E-state index in [4.69, 9.17) is 16.0 Å². The first-order chi connectivity index (χ1) is 7.77. The number of rotatable bonds is 8. The molecule has 0 fully saturated rings. The Morgan fingerprint density at radius 2 is 2.38 bits per heavy atom. The average Bonchev–Trinajstić information content (AvgIpc) is 2.70. The quantitative estimate of drug-likeness (QED) is 0.541. The molecule has 1 N–H and O–H groups in total. The van der Waals surface area contributed by atoms with Crippen LogP contribution in [0.2, 0.25) is 5.22 Å². The largest absolute Gasteiger partial charge is 0.448 e. The highest BCUT2D eigenvalue weighted by Crippen LogP contribution is 2.24. The van der Waals surface area contributed by atoms with Gasteiger partial charge in [0.05, 0.1) is 6.04 Å². The molecule has 3 heteroatoms. The molecule has 1 aromatic rings. The molecule has 0 spiro atoms. The van der Waals surface area contributed by atoms with E-state index in [1.807, 2.05) is 12.1 Å². The van der Waals surface area contributed by atoms with Gasteiger partial charge in [0.15, 0.2) is 5.22 Å². The fraction of sp³-hybridized carbons (Fsp3) is 0.538. The molecule has 0 radical (unpaired) electrons. The van der Waals surface area contributed by atoms with Crippen molar-refractivity contribution in [1.29, 1.82) is 0 Å². The standard InChI is InChI=1S/C13H20ClNO/c1-3-5-6-7-11(15-10-4-2)12-8-9-13(14)16-12/h3,8-9,11,15H,1,4-7,10H2,2H3. The van der Waals surface area contributed by atoms with E-state index in [1.54, 1.807) is 6.07 Å². The van der Waals surface area contributed by atoms with Crippen molar-refractivity contribution in [2.24, 2.45) is 0 Å². The summed E-state index contributed by atoms with van der Waals surface area (Å²) in [6.45, 7) is 6.88. The van der Waals surface area contributed by atoms with Gasteiger partial charge in [-0.1, -0.05) is 13.0 Å². The van der Waals surface area contributed by atoms with Crippen LogP contribution in [-0.4, -0.2) is 6.54 Å². The monoisotopic (exact) mass is 241 g/mol. The highest BCUT2D eigenvalue weighted by molar-refractivity contribution is 6.28. The van der Waals surface area contributed by atoms with Gasteiger partial charge >= 0.3 is 0 Å². The summed E-state index contributed by atoms with van der Waals surface area (Å²) in [7, 11) is 0. The lowest BCUT2D eigenvalue weighted by atomic mass is 10.1. The minimum absolute atomic E-state index is 0.271. The predicted octanol–water partition coefficient (Wildman–Crippen LogP) is 4.33. The van der Waals surface area contributed by atoms with E-state index in [9.17, 15) is 0 Å². The van der Waals surface area contributed by atoms with Crippen LogP contribution in [-0.2, 0) is 0 Å². The van der Waals surface area contributed by atoms with Gasteiger partial charge in [0.25, 0.3) is 0 Å². The number of allylic oxidation sites excluding steroid dienone is 1. The smallest absolute Gasteiger partial charge is 0.193 e. The first kappa shape index (κ1) is 13.3. The maximum absolute atomic E-state index is 5.79. The van der Waals surface area contributed by atoms with Crippen LogP contribution in [0.1, 0.15) is 44.4 Å². The summed E-state index contributed by atoms with van der Waals surface area (Å²) in [5.74, 6) is 0.933. The maximum atomic E-state index is 5.79. The summed E-state index contributed by atoms with van der Waals surface area (Å²) in [6.07, 6.45) is 6.27. The lowest BCUT2D eigenvalue weighted by Gasteiger charge is -2.15. The highest BCUT2D eigenvalue weighted by Gasteiger charge is 2.13. The third kappa shape index (κ3) is 4.42. The normalized spacial score (nSPS) is 12.6. The third-order valence-corrected chi connectivity index (χ3v) is 2.68. The van der Waals surface area contributed by atoms with Crippen LogP contribution < -0.4 is 5.32 Å². The van der Waals surface area contributed by atoms with Crippen molar-refractivity contribution in [2.75, 3.05) is 6.54 Å². The zero-order valence-electron chi connectivity index (χ0n) is 9.84. The van der Waals surface area contributed by atoms with E-state index in [0.717, 1.165) is 38.0 Å². The molecule has 1 atom stereocenters. The van der Waals surface area contributed by atoms with Gasteiger partial charge < -0.3 is 9.73 Å². The average molecular weight is 242 g/mol. The fourth-order valence-electron chi connectivity index (χ4n) is 1.65. The van der Waals surface area contributed by atoms with E-state index >= 15 is 0 Å². The summed E-state index contributed by atoms with van der Waals surface area (Å²) in [6, 6.07) is 4.02. The lowest BCUT2D eigenvalue weighted by molar-refractivity contribution is 0.391. The molecule has 0 aliphatic carbocycles. The molecule has 1 aromatic heterocycles. The van der Waals surface area contributed by atoms with E-state index in [1.165, 1.54) is 0 Å². The van der Waals surface area contributed by atoms with Crippen molar-refractivity contribution in [1.82, 2.24) is 5.32 Å². The van der Waals surface area contributed by atoms with E-state index in [0.29, 0.717) is 5.22 Å². The van der Waals surface area contributed by atoms with Gasteiger partial charge in [-0.15, -0.1) is 6.58 Å². The van der Waals surface area contributed by atoms with Crippen LogP contribution in [0.25, 0.3) is 0 Å². The summed E-state index contributed by atoms with van der Waals surface area (Å²) in [4.78, 5) is 0. The second-order valence-electron chi connectivity index (χ2n) is 3.87. The lowest BCUT2D eigenvalue weighted by Crippen LogP contribution is -2.21. The molecular weight excluding hydrogens is 222 g/mol. The first-order valence-electron chi connectivity index (χ1n) is 5.87. The van der Waals surface area contributed by atoms with Gasteiger partial charge in [-0.05, 0) is 56.0 Å². The van der Waals surface area contributed by atoms with Gasteiger partial charge in [0, 0.05) is 0 Å². The molecule has 2 nitrogen and oxygen atoms in total. The zero-order valence-corrected chi connectivity index (χ0v) is 10.6. The number of nitrogens with one attached hydrogen (secondary N) is 1. The van der Waals surface area contributed by atoms with Crippen molar-refractivity contribution in [2.45, 2.75) is 38.6 Å². The first-order valence-corrected chi connectivity index (χ1v) is 6.25. The minimum atomic E-state index is 0.271. The number of halogens is 1. The Morgan fingerprint density at radius 1 is 1.56 bits per heavy atom. The number of hydrogen-bond acceptors (Lipinski definition) is 2. The SMILES string of the molecule is C=CCCCC(NCCC)c1ccc(Cl)o1. The topological polar surface area (TPSA) is 25.2 Å². The van der Waals surface area contributed by atoms with E-state index < -0.39 is 0 Å². The predicted molar refractivity (Wildman–Crippen MR) is 68.8 cm³/mol. The Bertz CT molecular complexity index is 309. The minimum Gasteiger partial charge on any atom is -0.448 e. The molecule has 0 aliphatic rings. The van der Waals surface area contributed by atoms with Crippen LogP contribution in [0.3, 0.4) is 0 Å². The second kappa shape index (κ2) is 7.53. The summed E-state index contributed by atoms with van der Waals surface area (Å²) in [5.41, 5.74) is 0. The Morgan fingerprint density at radius 3 is 2.94 bits per heavy atom. The second-order valence-corrected chi connectivity index (χ2v) is 4.24. The fourth-order valence-corrected chi connectivity index (χ4v) is 1.80. The molecule has 0 bridgehead atoms. The van der Waals surface area contributed by atoms with Crippen LogP contribution in [0, 0.1) is 0 Å². The summed E-state index contributed by atoms with van der Waals surface area (Å²) >= 11 is 5.79. The number of hydrogen-bond donors (Lipinski definition) is 1. The Kier molecular flexibility index (Phi) is 6.27. The van der Waals surface area contributed by atoms with Gasteiger partial charge in [-0.25, -0.2) is 0 Å². The van der Waals surface area contributed by atoms with Gasteiger partial charge in [0.1, 0.15) is 5.76 Å². The molecule has 1 rings (SSSR count). The van der Waals surface area contributed by atoms with Crippen molar-refractivity contribution >= 4 is 11.6 Å². The van der Waals surface area contributed by atoms with Gasteiger partial charge in [0.2, 0.25) is 0 Å². The van der Waals surface area contributed by atoms with Crippen molar-refractivity contribution in [3.63, 3.8) is 0 Å². The molecular formula is C13H20ClNO. The molecule has 16 heavy (non-hydrogen) atoms. The van der Waals surface area contributed by atoms with Gasteiger partial charge in [-0.2, -0.15) is 0 Å². The van der Waals surface area contributed by atoms with Crippen LogP contribution in [0.15, 0.2) is 29.2 Å². The van der Waals surface area contributed by atoms with Crippen molar-refractivity contribution < 1.29 is 4.42 Å². The number of furan rings is 1. The zero-order chi connectivity index (χ0) is 11.8. The Balaban J connectivity index is 2.52. The molecule has 0 saturated heterocycles. The Hall–Kier alpha value is -0.730. The molecule has 1 heterocycles. The molecule has 0 amide bonds. The molecule has 0 aromatic carbocycles. The van der Waals surface area contributed by atoms with Crippen LogP contribution >= 0.6 is 11.6 Å². The molecule has 0 aliphatic heterocycles. The maximum Gasteiger partial charge on any atom is 0.193 e. The van der Waals surface area contributed by atoms with E-state index in [-0.39, 0.29) is 6.04 Å². The van der Waals surface area contributed by atoms with Crippen LogP contribution in [0.4, 0.5) is 0 Å². The van der Waals surface area contributed by atoms with Gasteiger partial charge in [-0.3, -0.25) is 0 Å². The molecule has 90 valence electrons. The van der Waals surface area contributed by atoms with Crippen molar-refractivity contribution in [3.8, 4) is 0 Å². The molecule has 0 saturated carbocycles. The van der Waals surface area contributed by atoms with E-state index in [2.05, 4.69) is 18.8 Å². The Labute approximate surface area is 103 Å². The highest BCUT2D eigenvalue weighted by atomic mass is 35.5. The summed E-state index contributed by atoms with van der Waals surface area (Å²) < 4.78 is 5.45. The van der Waals surface area contributed by atoms with Crippen LogP contribution in [0.5, 0.6) is 0 Å². The summed E-state index contributed by atoms with van der Waals surface area (Å²) in [5, 5.41) is 3.93. The number of unbranched alkanes of at least 4 members (excludes halogenated alkanes) is 1. The van der Waals surface area contributed by atoms with Crippen molar-refractivity contribution in [3.05, 3.63) is 35.8 Å². The third-order valence-electron chi connectivity index (χ3n) is 2.48.